The monoisotopic (exact) mass is 344 g/mol. The first kappa shape index (κ1) is 18.4. The molecule has 0 spiro atoms. The molecule has 1 aromatic carbocycles. The van der Waals surface area contributed by atoms with E-state index in [4.69, 9.17) is 4.74 Å². The predicted octanol–water partition coefficient (Wildman–Crippen LogP) is 1.74. The van der Waals surface area contributed by atoms with E-state index in [1.807, 2.05) is 0 Å². The third-order valence-electron chi connectivity index (χ3n) is 3.61. The number of carbonyl (C=O) groups excluding carboxylic acids is 4. The molecule has 1 aromatic rings. The van der Waals surface area contributed by atoms with E-state index < -0.39 is 5.97 Å². The van der Waals surface area contributed by atoms with Gasteiger partial charge in [-0.2, -0.15) is 0 Å². The molecule has 0 aliphatic carbocycles. The summed E-state index contributed by atoms with van der Waals surface area (Å²) >= 11 is 0. The molecule has 0 unspecified atom stereocenters. The Bertz CT molecular complexity index is 678. The fourth-order valence-electron chi connectivity index (χ4n) is 2.34. The number of hydrogen-bond donors (Lipinski definition) is 1. The second kappa shape index (κ2) is 8.77. The molecule has 0 radical (unpaired) electrons. The summed E-state index contributed by atoms with van der Waals surface area (Å²) in [5.74, 6) is -1.14. The summed E-state index contributed by atoms with van der Waals surface area (Å²) in [4.78, 5) is 47.2. The van der Waals surface area contributed by atoms with Gasteiger partial charge in [-0.05, 0) is 30.7 Å². The van der Waals surface area contributed by atoms with Crippen molar-refractivity contribution in [2.24, 2.45) is 0 Å². The van der Waals surface area contributed by atoms with Gasteiger partial charge in [0.1, 0.15) is 0 Å². The van der Waals surface area contributed by atoms with Crippen LogP contribution in [-0.2, 0) is 23.9 Å². The first-order valence-electron chi connectivity index (χ1n) is 8.07. The molecule has 25 heavy (non-hydrogen) atoms. The number of likely N-dealkylation sites (tertiary alicyclic amines) is 1. The fraction of sp³-hybridized carbons (Fsp3) is 0.333. The van der Waals surface area contributed by atoms with Gasteiger partial charge in [-0.15, -0.1) is 0 Å². The van der Waals surface area contributed by atoms with Crippen LogP contribution in [0.2, 0.25) is 0 Å². The maximum atomic E-state index is 11.9. The van der Waals surface area contributed by atoms with E-state index in [1.165, 1.54) is 6.08 Å². The molecule has 1 fully saturated rings. The summed E-state index contributed by atoms with van der Waals surface area (Å²) in [5, 5.41) is 2.70. The molecule has 3 amide bonds. The molecule has 1 aliphatic heterocycles. The number of amides is 3. The number of hydrogen-bond acceptors (Lipinski definition) is 5. The SMILES string of the molecule is CCOC(=O)/C=C/c1ccc(NC(=O)CCN2C(=O)CCC2=O)cc1. The van der Waals surface area contributed by atoms with Crippen LogP contribution in [-0.4, -0.2) is 41.7 Å². The molecule has 7 nitrogen and oxygen atoms in total. The van der Waals surface area contributed by atoms with Crippen LogP contribution in [0.3, 0.4) is 0 Å². The molecule has 0 bridgehead atoms. The minimum absolute atomic E-state index is 0.0575. The van der Waals surface area contributed by atoms with Gasteiger partial charge in [-0.1, -0.05) is 12.1 Å². The van der Waals surface area contributed by atoms with Gasteiger partial charge in [0, 0.05) is 37.6 Å². The Morgan fingerprint density at radius 3 is 2.40 bits per heavy atom. The first-order chi connectivity index (χ1) is 12.0. The molecule has 132 valence electrons. The highest BCUT2D eigenvalue weighted by Crippen LogP contribution is 2.14. The van der Waals surface area contributed by atoms with E-state index in [2.05, 4.69) is 5.32 Å². The van der Waals surface area contributed by atoms with Crippen LogP contribution in [0.1, 0.15) is 31.7 Å². The molecular weight excluding hydrogens is 324 g/mol. The van der Waals surface area contributed by atoms with Gasteiger partial charge in [0.2, 0.25) is 17.7 Å². The molecular formula is C18H20N2O5. The maximum Gasteiger partial charge on any atom is 0.330 e. The van der Waals surface area contributed by atoms with E-state index in [0.29, 0.717) is 12.3 Å². The lowest BCUT2D eigenvalue weighted by Crippen LogP contribution is -2.32. The van der Waals surface area contributed by atoms with Crippen molar-refractivity contribution in [3.63, 3.8) is 0 Å². The van der Waals surface area contributed by atoms with Crippen molar-refractivity contribution in [2.45, 2.75) is 26.2 Å². The Labute approximate surface area is 145 Å². The van der Waals surface area contributed by atoms with Crippen LogP contribution in [0.5, 0.6) is 0 Å². The van der Waals surface area contributed by atoms with Crippen molar-refractivity contribution in [1.82, 2.24) is 4.90 Å². The molecule has 1 aliphatic rings. The largest absolute Gasteiger partial charge is 0.463 e. The summed E-state index contributed by atoms with van der Waals surface area (Å²) in [5.41, 5.74) is 1.39. The number of nitrogens with zero attached hydrogens (tertiary/aromatic N) is 1. The Balaban J connectivity index is 1.82. The number of imide groups is 1. The van der Waals surface area contributed by atoms with E-state index in [0.717, 1.165) is 10.5 Å². The molecule has 0 atom stereocenters. The average Bonchev–Trinajstić information content (AvgIpc) is 2.91. The van der Waals surface area contributed by atoms with Crippen molar-refractivity contribution in [2.75, 3.05) is 18.5 Å². The Hall–Kier alpha value is -2.96. The van der Waals surface area contributed by atoms with Crippen LogP contribution in [0.4, 0.5) is 5.69 Å². The Kier molecular flexibility index (Phi) is 6.45. The topological polar surface area (TPSA) is 92.8 Å². The van der Waals surface area contributed by atoms with Gasteiger partial charge >= 0.3 is 5.97 Å². The average molecular weight is 344 g/mol. The summed E-state index contributed by atoms with van der Waals surface area (Å²) in [6.07, 6.45) is 3.46. The van der Waals surface area contributed by atoms with Gasteiger partial charge in [-0.25, -0.2) is 4.79 Å². The van der Waals surface area contributed by atoms with Crippen LogP contribution in [0, 0.1) is 0 Å². The van der Waals surface area contributed by atoms with Crippen molar-refractivity contribution in [3.8, 4) is 0 Å². The summed E-state index contributed by atoms with van der Waals surface area (Å²) in [6, 6.07) is 6.90. The van der Waals surface area contributed by atoms with Crippen molar-refractivity contribution >= 4 is 35.5 Å². The predicted molar refractivity (Wildman–Crippen MR) is 91.3 cm³/mol. The molecule has 0 aromatic heterocycles. The summed E-state index contributed by atoms with van der Waals surface area (Å²) < 4.78 is 4.79. The number of rotatable bonds is 7. The molecule has 0 saturated carbocycles. The van der Waals surface area contributed by atoms with E-state index in [9.17, 15) is 19.2 Å². The summed E-state index contributed by atoms with van der Waals surface area (Å²) in [6.45, 7) is 2.16. The second-order valence-electron chi connectivity index (χ2n) is 5.44. The number of nitrogens with one attached hydrogen (secondary N) is 1. The zero-order chi connectivity index (χ0) is 18.2. The Morgan fingerprint density at radius 1 is 1.16 bits per heavy atom. The highest BCUT2D eigenvalue weighted by atomic mass is 16.5. The van der Waals surface area contributed by atoms with Crippen molar-refractivity contribution in [3.05, 3.63) is 35.9 Å². The normalized spacial score (nSPS) is 14.2. The van der Waals surface area contributed by atoms with Gasteiger partial charge in [0.15, 0.2) is 0 Å². The van der Waals surface area contributed by atoms with Crippen molar-refractivity contribution in [1.29, 1.82) is 0 Å². The van der Waals surface area contributed by atoms with Gasteiger partial charge in [0.05, 0.1) is 6.61 Å². The van der Waals surface area contributed by atoms with Gasteiger partial charge in [0.25, 0.3) is 0 Å². The molecule has 7 heteroatoms. The molecule has 1 saturated heterocycles. The highest BCUT2D eigenvalue weighted by molar-refractivity contribution is 6.02. The third-order valence-corrected chi connectivity index (χ3v) is 3.61. The summed E-state index contributed by atoms with van der Waals surface area (Å²) in [7, 11) is 0. The van der Waals surface area contributed by atoms with Crippen LogP contribution in [0.15, 0.2) is 30.3 Å². The van der Waals surface area contributed by atoms with Crippen molar-refractivity contribution < 1.29 is 23.9 Å². The lowest BCUT2D eigenvalue weighted by atomic mass is 10.2. The number of esters is 1. The molecule has 1 heterocycles. The van der Waals surface area contributed by atoms with E-state index in [-0.39, 0.29) is 43.5 Å². The smallest absolute Gasteiger partial charge is 0.330 e. The van der Waals surface area contributed by atoms with Crippen LogP contribution in [0.25, 0.3) is 6.08 Å². The lowest BCUT2D eigenvalue weighted by Gasteiger charge is -2.13. The third kappa shape index (κ3) is 5.56. The number of benzene rings is 1. The maximum absolute atomic E-state index is 11.9. The molecule has 1 N–H and O–H groups in total. The number of carbonyl (C=O) groups is 4. The van der Waals surface area contributed by atoms with Gasteiger partial charge < -0.3 is 10.1 Å². The zero-order valence-corrected chi connectivity index (χ0v) is 14.0. The minimum Gasteiger partial charge on any atom is -0.463 e. The van der Waals surface area contributed by atoms with Crippen LogP contribution < -0.4 is 5.32 Å². The quantitative estimate of drug-likeness (QED) is 0.462. The molecule has 2 rings (SSSR count). The van der Waals surface area contributed by atoms with Gasteiger partial charge in [-0.3, -0.25) is 19.3 Å². The van der Waals surface area contributed by atoms with E-state index >= 15 is 0 Å². The second-order valence-corrected chi connectivity index (χ2v) is 5.44. The number of ether oxygens (including phenoxy) is 1. The Morgan fingerprint density at radius 2 is 1.80 bits per heavy atom. The standard InChI is InChI=1S/C18H20N2O5/c1-2-25-18(24)10-5-13-3-6-14(7-4-13)19-15(21)11-12-20-16(22)8-9-17(20)23/h3-7,10H,2,8-9,11-12H2,1H3,(H,19,21)/b10-5+. The fourth-order valence-corrected chi connectivity index (χ4v) is 2.34. The van der Waals surface area contributed by atoms with E-state index in [1.54, 1.807) is 37.3 Å². The zero-order valence-electron chi connectivity index (χ0n) is 14.0. The van der Waals surface area contributed by atoms with Crippen LogP contribution >= 0.6 is 0 Å². The minimum atomic E-state index is -0.411. The first-order valence-corrected chi connectivity index (χ1v) is 8.07. The number of anilines is 1. The lowest BCUT2D eigenvalue weighted by molar-refractivity contribution is -0.139. The highest BCUT2D eigenvalue weighted by Gasteiger charge is 2.28.